The van der Waals surface area contributed by atoms with Crippen LogP contribution in [-0.2, 0) is 6.42 Å². The average Bonchev–Trinajstić information content (AvgIpc) is 2.59. The Bertz CT molecular complexity index is 351. The summed E-state index contributed by atoms with van der Waals surface area (Å²) in [7, 11) is 2.02. The summed E-state index contributed by atoms with van der Waals surface area (Å²) in [4.78, 5) is 0. The maximum atomic E-state index is 3.57. The largest absolute Gasteiger partial charge is 0.382 e. The first-order chi connectivity index (χ1) is 7.19. The van der Waals surface area contributed by atoms with Crippen molar-refractivity contribution in [2.45, 2.75) is 31.8 Å². The quantitative estimate of drug-likeness (QED) is 0.881. The molecule has 1 heterocycles. The van der Waals surface area contributed by atoms with Crippen molar-refractivity contribution in [3.05, 3.63) is 28.2 Å². The van der Waals surface area contributed by atoms with E-state index in [9.17, 15) is 0 Å². The average molecular weight is 269 g/mol. The zero-order valence-electron chi connectivity index (χ0n) is 9.18. The number of hydrogen-bond donors (Lipinski definition) is 2. The van der Waals surface area contributed by atoms with E-state index in [1.165, 1.54) is 22.1 Å². The van der Waals surface area contributed by atoms with E-state index in [1.807, 2.05) is 7.05 Å². The highest BCUT2D eigenvalue weighted by Crippen LogP contribution is 2.29. The van der Waals surface area contributed by atoms with E-state index in [0.29, 0.717) is 12.1 Å². The molecule has 0 saturated carbocycles. The molecule has 0 fully saturated rings. The highest BCUT2D eigenvalue weighted by molar-refractivity contribution is 9.10. The van der Waals surface area contributed by atoms with Crippen molar-refractivity contribution >= 4 is 21.6 Å². The van der Waals surface area contributed by atoms with Crippen molar-refractivity contribution in [1.82, 2.24) is 5.32 Å². The van der Waals surface area contributed by atoms with Gasteiger partial charge in [-0.15, -0.1) is 0 Å². The number of halogens is 1. The predicted octanol–water partition coefficient (Wildman–Crippen LogP) is 2.78. The monoisotopic (exact) mass is 268 g/mol. The first-order valence-electron chi connectivity index (χ1n) is 5.41. The second-order valence-electron chi connectivity index (χ2n) is 4.27. The Morgan fingerprint density at radius 1 is 1.60 bits per heavy atom. The van der Waals surface area contributed by atoms with Gasteiger partial charge in [-0.25, -0.2) is 0 Å². The Balaban J connectivity index is 2.03. The number of hydrogen-bond acceptors (Lipinski definition) is 2. The van der Waals surface area contributed by atoms with Crippen LogP contribution in [0.2, 0.25) is 0 Å². The highest BCUT2D eigenvalue weighted by Gasteiger charge is 2.21. The number of nitrogens with one attached hydrogen (secondary N) is 2. The van der Waals surface area contributed by atoms with Crippen LogP contribution < -0.4 is 10.6 Å². The molecule has 0 aliphatic carbocycles. The first-order valence-corrected chi connectivity index (χ1v) is 6.20. The van der Waals surface area contributed by atoms with Gasteiger partial charge in [-0.2, -0.15) is 0 Å². The molecular weight excluding hydrogens is 252 g/mol. The highest BCUT2D eigenvalue weighted by atomic mass is 79.9. The molecular formula is C12H17BrN2. The standard InChI is InChI=1S/C12H17BrN2/c1-8(14-2)5-11-7-9-6-10(13)3-4-12(9)15-11/h3-4,6,8,11,14-15H,5,7H2,1-2H3. The maximum Gasteiger partial charge on any atom is 0.0376 e. The van der Waals surface area contributed by atoms with Gasteiger partial charge in [0.15, 0.2) is 0 Å². The molecule has 0 saturated heterocycles. The van der Waals surface area contributed by atoms with E-state index in [0.717, 1.165) is 6.42 Å². The second-order valence-corrected chi connectivity index (χ2v) is 5.19. The smallest absolute Gasteiger partial charge is 0.0376 e. The van der Waals surface area contributed by atoms with Crippen LogP contribution in [0.3, 0.4) is 0 Å². The van der Waals surface area contributed by atoms with Gasteiger partial charge in [0.05, 0.1) is 0 Å². The molecule has 1 aliphatic rings. The van der Waals surface area contributed by atoms with Crippen molar-refractivity contribution in [2.24, 2.45) is 0 Å². The van der Waals surface area contributed by atoms with Crippen LogP contribution in [0, 0.1) is 0 Å². The summed E-state index contributed by atoms with van der Waals surface area (Å²) in [6.45, 7) is 2.22. The van der Waals surface area contributed by atoms with Crippen LogP contribution in [0.5, 0.6) is 0 Å². The molecule has 0 aromatic heterocycles. The Morgan fingerprint density at radius 3 is 3.13 bits per heavy atom. The van der Waals surface area contributed by atoms with E-state index in [1.54, 1.807) is 0 Å². The van der Waals surface area contributed by atoms with Crippen molar-refractivity contribution < 1.29 is 0 Å². The molecule has 0 spiro atoms. The van der Waals surface area contributed by atoms with Gasteiger partial charge in [-0.1, -0.05) is 15.9 Å². The molecule has 0 amide bonds. The number of rotatable bonds is 3. The summed E-state index contributed by atoms with van der Waals surface area (Å²) in [5.74, 6) is 0. The molecule has 3 heteroatoms. The third-order valence-corrected chi connectivity index (χ3v) is 3.52. The Kier molecular flexibility index (Phi) is 3.32. The fourth-order valence-electron chi connectivity index (χ4n) is 2.10. The first kappa shape index (κ1) is 11.0. The van der Waals surface area contributed by atoms with Crippen molar-refractivity contribution in [2.75, 3.05) is 12.4 Å². The summed E-state index contributed by atoms with van der Waals surface area (Å²) in [6.07, 6.45) is 2.31. The van der Waals surface area contributed by atoms with Crippen LogP contribution in [0.25, 0.3) is 0 Å². The lowest BCUT2D eigenvalue weighted by Gasteiger charge is -2.16. The zero-order chi connectivity index (χ0) is 10.8. The SMILES string of the molecule is CNC(C)CC1Cc2cc(Br)ccc2N1. The summed E-state index contributed by atoms with van der Waals surface area (Å²) < 4.78 is 1.17. The van der Waals surface area contributed by atoms with E-state index in [4.69, 9.17) is 0 Å². The third kappa shape index (κ3) is 2.52. The van der Waals surface area contributed by atoms with E-state index < -0.39 is 0 Å². The molecule has 1 aliphatic heterocycles. The molecule has 0 radical (unpaired) electrons. The lowest BCUT2D eigenvalue weighted by atomic mass is 10.0. The minimum Gasteiger partial charge on any atom is -0.382 e. The van der Waals surface area contributed by atoms with E-state index in [2.05, 4.69) is 51.7 Å². The van der Waals surface area contributed by atoms with Crippen LogP contribution >= 0.6 is 15.9 Å². The normalized spacial score (nSPS) is 20.9. The van der Waals surface area contributed by atoms with Crippen LogP contribution in [-0.4, -0.2) is 19.1 Å². The molecule has 1 aromatic carbocycles. The van der Waals surface area contributed by atoms with Crippen molar-refractivity contribution in [3.8, 4) is 0 Å². The molecule has 2 nitrogen and oxygen atoms in total. The molecule has 82 valence electrons. The third-order valence-electron chi connectivity index (χ3n) is 3.02. The minimum absolute atomic E-state index is 0.570. The lowest BCUT2D eigenvalue weighted by molar-refractivity contribution is 0.518. The summed E-state index contributed by atoms with van der Waals surface area (Å²) in [5.41, 5.74) is 2.73. The summed E-state index contributed by atoms with van der Waals surface area (Å²) in [6, 6.07) is 7.61. The van der Waals surface area contributed by atoms with Gasteiger partial charge in [0.1, 0.15) is 0 Å². The molecule has 1 aromatic rings. The summed E-state index contributed by atoms with van der Waals surface area (Å²) in [5, 5.41) is 6.85. The van der Waals surface area contributed by atoms with Gasteiger partial charge < -0.3 is 10.6 Å². The van der Waals surface area contributed by atoms with E-state index >= 15 is 0 Å². The van der Waals surface area contributed by atoms with Gasteiger partial charge in [0.2, 0.25) is 0 Å². The van der Waals surface area contributed by atoms with Gasteiger partial charge >= 0.3 is 0 Å². The van der Waals surface area contributed by atoms with Gasteiger partial charge in [0.25, 0.3) is 0 Å². The minimum atomic E-state index is 0.570. The molecule has 2 N–H and O–H groups in total. The molecule has 15 heavy (non-hydrogen) atoms. The number of anilines is 1. The molecule has 0 bridgehead atoms. The molecule has 2 unspecified atom stereocenters. The van der Waals surface area contributed by atoms with Crippen LogP contribution in [0.15, 0.2) is 22.7 Å². The fourth-order valence-corrected chi connectivity index (χ4v) is 2.50. The summed E-state index contributed by atoms with van der Waals surface area (Å²) >= 11 is 3.51. The lowest BCUT2D eigenvalue weighted by Crippen LogP contribution is -2.29. The van der Waals surface area contributed by atoms with Crippen molar-refractivity contribution in [3.63, 3.8) is 0 Å². The predicted molar refractivity (Wildman–Crippen MR) is 68.4 cm³/mol. The maximum absolute atomic E-state index is 3.57. The zero-order valence-corrected chi connectivity index (χ0v) is 10.8. The second kappa shape index (κ2) is 4.54. The Labute approximate surface area is 99.6 Å². The van der Waals surface area contributed by atoms with Crippen LogP contribution in [0.4, 0.5) is 5.69 Å². The van der Waals surface area contributed by atoms with Gasteiger partial charge in [-0.05, 0) is 50.6 Å². The van der Waals surface area contributed by atoms with Gasteiger partial charge in [0, 0.05) is 22.2 Å². The number of benzene rings is 1. The van der Waals surface area contributed by atoms with Crippen molar-refractivity contribution in [1.29, 1.82) is 0 Å². The van der Waals surface area contributed by atoms with Crippen LogP contribution in [0.1, 0.15) is 18.9 Å². The molecule has 2 atom stereocenters. The Morgan fingerprint density at radius 2 is 2.40 bits per heavy atom. The fraction of sp³-hybridized carbons (Fsp3) is 0.500. The number of fused-ring (bicyclic) bond motifs is 1. The topological polar surface area (TPSA) is 24.1 Å². The Hall–Kier alpha value is -0.540. The molecule has 2 rings (SSSR count). The van der Waals surface area contributed by atoms with E-state index in [-0.39, 0.29) is 0 Å². The van der Waals surface area contributed by atoms with Gasteiger partial charge in [-0.3, -0.25) is 0 Å².